The Morgan fingerprint density at radius 3 is 2.73 bits per heavy atom. The molecule has 0 aromatic carbocycles. The Hall–Kier alpha value is -1.63. The van der Waals surface area contributed by atoms with Crippen molar-refractivity contribution in [2.45, 2.75) is 70.1 Å². The van der Waals surface area contributed by atoms with Crippen LogP contribution in [0.15, 0.2) is 0 Å². The molecule has 1 saturated heterocycles. The van der Waals surface area contributed by atoms with E-state index in [1.54, 1.807) is 0 Å². The van der Waals surface area contributed by atoms with Crippen LogP contribution in [-0.2, 0) is 23.1 Å². The van der Waals surface area contributed by atoms with Crippen molar-refractivity contribution >= 4 is 11.9 Å². The number of hydrogen-bond acceptors (Lipinski definition) is 5. The van der Waals surface area contributed by atoms with Gasteiger partial charge in [0.25, 0.3) is 0 Å². The molecule has 7 nitrogen and oxygen atoms in total. The molecular weight excluding hydrogens is 330 g/mol. The van der Waals surface area contributed by atoms with Crippen LogP contribution in [0.2, 0.25) is 0 Å². The number of aromatic nitrogens is 3. The minimum atomic E-state index is 0.246. The fraction of sp³-hybridized carbons (Fsp3) is 0.842. The Bertz CT molecular complexity index is 669. The van der Waals surface area contributed by atoms with Crippen LogP contribution in [0.1, 0.15) is 57.2 Å². The van der Waals surface area contributed by atoms with Crippen molar-refractivity contribution in [3.05, 3.63) is 5.82 Å². The zero-order valence-electron chi connectivity index (χ0n) is 16.3. The van der Waals surface area contributed by atoms with Crippen LogP contribution >= 0.6 is 0 Å². The fourth-order valence-corrected chi connectivity index (χ4v) is 5.15. The maximum atomic E-state index is 12.3. The maximum absolute atomic E-state index is 12.3. The summed E-state index contributed by atoms with van der Waals surface area (Å²) in [4.78, 5) is 16.5. The van der Waals surface area contributed by atoms with Crippen LogP contribution in [0, 0.1) is 5.41 Å². The van der Waals surface area contributed by atoms with Crippen molar-refractivity contribution in [2.75, 3.05) is 25.6 Å². The zero-order chi connectivity index (χ0) is 18.3. The van der Waals surface area contributed by atoms with Crippen LogP contribution in [0.3, 0.4) is 0 Å². The Labute approximate surface area is 155 Å². The second kappa shape index (κ2) is 6.83. The highest BCUT2D eigenvalue weighted by Crippen LogP contribution is 2.59. The average molecular weight is 361 g/mol. The predicted molar refractivity (Wildman–Crippen MR) is 98.8 cm³/mol. The first-order valence-electron chi connectivity index (χ1n) is 9.98. The summed E-state index contributed by atoms with van der Waals surface area (Å²) in [5.74, 6) is 2.01. The van der Waals surface area contributed by atoms with Crippen LogP contribution in [0.4, 0.5) is 5.95 Å². The van der Waals surface area contributed by atoms with Gasteiger partial charge in [-0.25, -0.2) is 0 Å². The SMILES string of the molecule is COC1CC(N(C)c2nnc(CN3CCCCCC3=O)n2C)C12CCC2. The van der Waals surface area contributed by atoms with Gasteiger partial charge in [-0.3, -0.25) is 9.36 Å². The fourth-order valence-electron chi connectivity index (χ4n) is 5.15. The largest absolute Gasteiger partial charge is 0.381 e. The van der Waals surface area contributed by atoms with Crippen molar-refractivity contribution < 1.29 is 9.53 Å². The quantitative estimate of drug-likeness (QED) is 0.804. The van der Waals surface area contributed by atoms with E-state index in [9.17, 15) is 4.79 Å². The van der Waals surface area contributed by atoms with Gasteiger partial charge in [0.2, 0.25) is 11.9 Å². The zero-order valence-corrected chi connectivity index (χ0v) is 16.3. The lowest BCUT2D eigenvalue weighted by molar-refractivity contribution is -0.152. The maximum Gasteiger partial charge on any atom is 0.227 e. The van der Waals surface area contributed by atoms with Crippen LogP contribution in [0.25, 0.3) is 0 Å². The van der Waals surface area contributed by atoms with Gasteiger partial charge in [-0.15, -0.1) is 10.2 Å². The van der Waals surface area contributed by atoms with E-state index in [0.29, 0.717) is 30.5 Å². The molecule has 3 fully saturated rings. The lowest BCUT2D eigenvalue weighted by Gasteiger charge is -2.62. The Kier molecular flexibility index (Phi) is 4.67. The van der Waals surface area contributed by atoms with E-state index in [0.717, 1.165) is 44.0 Å². The van der Waals surface area contributed by atoms with Crippen molar-refractivity contribution in [3.8, 4) is 0 Å². The molecule has 1 spiro atoms. The van der Waals surface area contributed by atoms with Gasteiger partial charge in [-0.2, -0.15) is 0 Å². The number of hydrogen-bond donors (Lipinski definition) is 0. The standard InChI is InChI=1S/C19H31N5O2/c1-22(14-12-15(26-3)19(14)9-7-10-19)18-21-20-16(23(18)2)13-24-11-6-4-5-8-17(24)25/h14-15H,4-13H2,1-3H3. The second-order valence-electron chi connectivity index (χ2n) is 8.27. The van der Waals surface area contributed by atoms with E-state index in [2.05, 4.69) is 26.7 Å². The van der Waals surface area contributed by atoms with E-state index in [1.807, 2.05) is 19.1 Å². The highest BCUT2D eigenvalue weighted by atomic mass is 16.5. The van der Waals surface area contributed by atoms with Gasteiger partial charge in [0, 0.05) is 45.6 Å². The first-order valence-corrected chi connectivity index (χ1v) is 9.98. The molecule has 0 N–H and O–H groups in total. The minimum absolute atomic E-state index is 0.246. The smallest absolute Gasteiger partial charge is 0.227 e. The van der Waals surface area contributed by atoms with E-state index in [1.165, 1.54) is 19.3 Å². The Balaban J connectivity index is 1.48. The number of methoxy groups -OCH3 is 1. The Morgan fingerprint density at radius 1 is 1.23 bits per heavy atom. The highest BCUT2D eigenvalue weighted by molar-refractivity contribution is 5.76. The number of anilines is 1. The lowest BCUT2D eigenvalue weighted by Crippen LogP contribution is -2.67. The molecule has 0 radical (unpaired) electrons. The third kappa shape index (κ3) is 2.71. The number of nitrogens with zero attached hydrogens (tertiary/aromatic N) is 5. The molecule has 2 heterocycles. The summed E-state index contributed by atoms with van der Waals surface area (Å²) in [5, 5.41) is 8.88. The number of amides is 1. The topological polar surface area (TPSA) is 63.5 Å². The van der Waals surface area contributed by atoms with Gasteiger partial charge >= 0.3 is 0 Å². The number of likely N-dealkylation sites (tertiary alicyclic amines) is 1. The number of rotatable bonds is 5. The summed E-state index contributed by atoms with van der Waals surface area (Å²) in [6, 6.07) is 0.469. The first-order chi connectivity index (χ1) is 12.6. The normalized spacial score (nSPS) is 27.8. The van der Waals surface area contributed by atoms with Crippen molar-refractivity contribution in [2.24, 2.45) is 12.5 Å². The summed E-state index contributed by atoms with van der Waals surface area (Å²) in [6.45, 7) is 1.39. The molecule has 2 saturated carbocycles. The van der Waals surface area contributed by atoms with E-state index in [4.69, 9.17) is 4.74 Å². The molecule has 0 bridgehead atoms. The summed E-state index contributed by atoms with van der Waals surface area (Å²) in [7, 11) is 5.98. The predicted octanol–water partition coefficient (Wildman–Crippen LogP) is 2.11. The monoisotopic (exact) mass is 361 g/mol. The molecule has 1 aromatic rings. The molecule has 26 heavy (non-hydrogen) atoms. The first kappa shape index (κ1) is 17.8. The summed E-state index contributed by atoms with van der Waals surface area (Å²) in [5.41, 5.74) is 0.302. The summed E-state index contributed by atoms with van der Waals surface area (Å²) in [6.07, 6.45) is 9.11. The minimum Gasteiger partial charge on any atom is -0.381 e. The molecule has 1 aliphatic heterocycles. The van der Waals surface area contributed by atoms with Crippen LogP contribution < -0.4 is 4.90 Å². The number of carbonyl (C=O) groups is 1. The molecule has 4 rings (SSSR count). The van der Waals surface area contributed by atoms with E-state index < -0.39 is 0 Å². The molecule has 2 atom stereocenters. The molecule has 1 amide bonds. The molecular formula is C19H31N5O2. The van der Waals surface area contributed by atoms with Crippen LogP contribution in [0.5, 0.6) is 0 Å². The average Bonchev–Trinajstić information content (AvgIpc) is 2.78. The molecule has 1 aromatic heterocycles. The molecule has 2 aliphatic carbocycles. The molecule has 2 unspecified atom stereocenters. The third-order valence-electron chi connectivity index (χ3n) is 7.04. The molecule has 144 valence electrons. The van der Waals surface area contributed by atoms with E-state index in [-0.39, 0.29) is 5.91 Å². The lowest BCUT2D eigenvalue weighted by atomic mass is 9.50. The highest BCUT2D eigenvalue weighted by Gasteiger charge is 2.60. The van der Waals surface area contributed by atoms with Crippen LogP contribution in [-0.4, -0.2) is 58.4 Å². The summed E-state index contributed by atoms with van der Waals surface area (Å²) < 4.78 is 7.77. The third-order valence-corrected chi connectivity index (χ3v) is 7.04. The van der Waals surface area contributed by atoms with Gasteiger partial charge in [0.15, 0.2) is 5.82 Å². The second-order valence-corrected chi connectivity index (χ2v) is 8.27. The molecule has 7 heteroatoms. The number of carbonyl (C=O) groups excluding carboxylic acids is 1. The van der Waals surface area contributed by atoms with E-state index >= 15 is 0 Å². The summed E-state index contributed by atoms with van der Waals surface area (Å²) >= 11 is 0. The van der Waals surface area contributed by atoms with Gasteiger partial charge in [-0.1, -0.05) is 12.8 Å². The molecule has 3 aliphatic rings. The van der Waals surface area contributed by atoms with Crippen molar-refractivity contribution in [1.82, 2.24) is 19.7 Å². The van der Waals surface area contributed by atoms with Gasteiger partial charge in [0.1, 0.15) is 0 Å². The number of ether oxygens (including phenoxy) is 1. The van der Waals surface area contributed by atoms with Crippen molar-refractivity contribution in [1.29, 1.82) is 0 Å². The Morgan fingerprint density at radius 2 is 2.04 bits per heavy atom. The van der Waals surface area contributed by atoms with Gasteiger partial charge < -0.3 is 14.5 Å². The van der Waals surface area contributed by atoms with Gasteiger partial charge in [-0.05, 0) is 32.1 Å². The van der Waals surface area contributed by atoms with Gasteiger partial charge in [0.05, 0.1) is 12.6 Å². The van der Waals surface area contributed by atoms with Crippen molar-refractivity contribution in [3.63, 3.8) is 0 Å².